The molecule has 0 bridgehead atoms. The van der Waals surface area contributed by atoms with Crippen molar-refractivity contribution in [2.24, 2.45) is 0 Å². The molecule has 1 aromatic carbocycles. The van der Waals surface area contributed by atoms with Crippen LogP contribution in [0.25, 0.3) is 0 Å². The zero-order valence-electron chi connectivity index (χ0n) is 9.15. The lowest BCUT2D eigenvalue weighted by atomic mass is 10.1. The zero-order valence-corrected chi connectivity index (χ0v) is 9.15. The van der Waals surface area contributed by atoms with Gasteiger partial charge < -0.3 is 9.64 Å². The molecule has 1 unspecified atom stereocenters. The Kier molecular flexibility index (Phi) is 3.07. The molecular formula is C13H17NO. The fourth-order valence-electron chi connectivity index (χ4n) is 1.88. The van der Waals surface area contributed by atoms with Crippen LogP contribution in [0.15, 0.2) is 42.6 Å². The van der Waals surface area contributed by atoms with E-state index in [2.05, 4.69) is 42.7 Å². The van der Waals surface area contributed by atoms with E-state index in [1.54, 1.807) is 0 Å². The normalized spacial score (nSPS) is 21.8. The van der Waals surface area contributed by atoms with Gasteiger partial charge in [-0.1, -0.05) is 36.9 Å². The summed E-state index contributed by atoms with van der Waals surface area (Å²) in [5.41, 5.74) is 2.41. The van der Waals surface area contributed by atoms with E-state index in [1.165, 1.54) is 5.56 Å². The summed E-state index contributed by atoms with van der Waals surface area (Å²) < 4.78 is 5.42. The number of ether oxygens (including phenoxy) is 1. The molecule has 1 saturated heterocycles. The molecule has 1 fully saturated rings. The van der Waals surface area contributed by atoms with Gasteiger partial charge >= 0.3 is 0 Å². The number of nitrogens with zero attached hydrogens (tertiary/aromatic N) is 1. The van der Waals surface area contributed by atoms with Crippen molar-refractivity contribution in [2.45, 2.75) is 19.5 Å². The predicted octanol–water partition coefficient (Wildman–Crippen LogP) is 2.42. The topological polar surface area (TPSA) is 12.5 Å². The van der Waals surface area contributed by atoms with Crippen molar-refractivity contribution in [3.05, 3.63) is 48.2 Å². The molecule has 0 aliphatic carbocycles. The average molecular weight is 203 g/mol. The molecule has 1 heterocycles. The van der Waals surface area contributed by atoms with E-state index in [0.29, 0.717) is 12.6 Å². The van der Waals surface area contributed by atoms with Crippen LogP contribution in [0.1, 0.15) is 12.5 Å². The van der Waals surface area contributed by atoms with Gasteiger partial charge in [-0.15, -0.1) is 0 Å². The van der Waals surface area contributed by atoms with Gasteiger partial charge in [0.2, 0.25) is 0 Å². The van der Waals surface area contributed by atoms with Crippen LogP contribution >= 0.6 is 0 Å². The van der Waals surface area contributed by atoms with Crippen LogP contribution in [0.3, 0.4) is 0 Å². The van der Waals surface area contributed by atoms with Crippen molar-refractivity contribution >= 4 is 0 Å². The number of hydrogen-bond donors (Lipinski definition) is 0. The van der Waals surface area contributed by atoms with Gasteiger partial charge in [0.1, 0.15) is 0 Å². The molecule has 1 aliphatic rings. The second-order valence-electron chi connectivity index (χ2n) is 4.04. The molecule has 80 valence electrons. The van der Waals surface area contributed by atoms with Crippen LogP contribution in [0.5, 0.6) is 0 Å². The van der Waals surface area contributed by atoms with Gasteiger partial charge in [-0.3, -0.25) is 0 Å². The maximum atomic E-state index is 5.42. The monoisotopic (exact) mass is 203 g/mol. The molecule has 15 heavy (non-hydrogen) atoms. The molecule has 1 aromatic rings. The second-order valence-corrected chi connectivity index (χ2v) is 4.04. The third-order valence-corrected chi connectivity index (χ3v) is 2.76. The number of morpholine rings is 1. The summed E-state index contributed by atoms with van der Waals surface area (Å²) in [4.78, 5) is 2.32. The lowest BCUT2D eigenvalue weighted by Gasteiger charge is -2.36. The average Bonchev–Trinajstić information content (AvgIpc) is 2.25. The van der Waals surface area contributed by atoms with E-state index in [1.807, 2.05) is 6.07 Å². The lowest BCUT2D eigenvalue weighted by molar-refractivity contribution is 0.0317. The highest BCUT2D eigenvalue weighted by molar-refractivity contribution is 5.16. The van der Waals surface area contributed by atoms with Gasteiger partial charge in [-0.25, -0.2) is 0 Å². The predicted molar refractivity (Wildman–Crippen MR) is 61.4 cm³/mol. The molecule has 0 saturated carbocycles. The molecule has 0 amide bonds. The molecule has 0 radical (unpaired) electrons. The molecule has 1 atom stereocenters. The van der Waals surface area contributed by atoms with Crippen molar-refractivity contribution in [3.8, 4) is 0 Å². The first-order valence-electron chi connectivity index (χ1n) is 5.33. The fourth-order valence-corrected chi connectivity index (χ4v) is 1.88. The first-order valence-corrected chi connectivity index (χ1v) is 5.33. The van der Waals surface area contributed by atoms with E-state index >= 15 is 0 Å². The molecule has 0 aromatic heterocycles. The van der Waals surface area contributed by atoms with Crippen LogP contribution in [-0.2, 0) is 11.3 Å². The van der Waals surface area contributed by atoms with E-state index < -0.39 is 0 Å². The maximum absolute atomic E-state index is 5.42. The first kappa shape index (κ1) is 10.2. The molecule has 0 N–H and O–H groups in total. The second kappa shape index (κ2) is 4.49. The summed E-state index contributed by atoms with van der Waals surface area (Å²) in [5, 5.41) is 0. The highest BCUT2D eigenvalue weighted by Gasteiger charge is 2.20. The Balaban J connectivity index is 2.07. The van der Waals surface area contributed by atoms with Crippen LogP contribution in [0.2, 0.25) is 0 Å². The van der Waals surface area contributed by atoms with Crippen LogP contribution < -0.4 is 0 Å². The summed E-state index contributed by atoms with van der Waals surface area (Å²) >= 11 is 0. The molecule has 2 rings (SSSR count). The Hall–Kier alpha value is -1.28. The first-order chi connectivity index (χ1) is 7.27. The summed E-state index contributed by atoms with van der Waals surface area (Å²) in [7, 11) is 0. The summed E-state index contributed by atoms with van der Waals surface area (Å²) in [6.07, 6.45) is 0. The molecule has 2 nitrogen and oxygen atoms in total. The Morgan fingerprint density at radius 2 is 2.13 bits per heavy atom. The van der Waals surface area contributed by atoms with Crippen LogP contribution in [0.4, 0.5) is 0 Å². The summed E-state index contributed by atoms with van der Waals surface area (Å²) in [6.45, 7) is 8.61. The number of hydrogen-bond acceptors (Lipinski definition) is 2. The van der Waals surface area contributed by atoms with E-state index in [4.69, 9.17) is 4.74 Å². The van der Waals surface area contributed by atoms with Crippen LogP contribution in [-0.4, -0.2) is 24.2 Å². The van der Waals surface area contributed by atoms with Gasteiger partial charge in [0.15, 0.2) is 0 Å². The van der Waals surface area contributed by atoms with Gasteiger partial charge in [0.25, 0.3) is 0 Å². The van der Waals surface area contributed by atoms with Crippen molar-refractivity contribution in [1.82, 2.24) is 4.90 Å². The third-order valence-electron chi connectivity index (χ3n) is 2.76. The van der Waals surface area contributed by atoms with Crippen LogP contribution in [0, 0.1) is 0 Å². The molecule has 0 spiro atoms. The Morgan fingerprint density at radius 1 is 1.40 bits per heavy atom. The van der Waals surface area contributed by atoms with Crippen molar-refractivity contribution in [3.63, 3.8) is 0 Å². The van der Waals surface area contributed by atoms with Crippen molar-refractivity contribution in [1.29, 1.82) is 0 Å². The minimum atomic E-state index is 0.423. The Labute approximate surface area is 91.2 Å². The Bertz CT molecular complexity index is 334. The van der Waals surface area contributed by atoms with Gasteiger partial charge in [0, 0.05) is 18.3 Å². The molecule has 2 heteroatoms. The smallest absolute Gasteiger partial charge is 0.0859 e. The van der Waals surface area contributed by atoms with E-state index in [0.717, 1.165) is 18.8 Å². The quantitative estimate of drug-likeness (QED) is 0.732. The standard InChI is InChI=1S/C13H17NO/c1-11-9-15-10-12(2)14(11)8-13-6-4-3-5-7-13/h3-7,12H,1,8-10H2,2H3. The SMILES string of the molecule is C=C1COCC(C)N1Cc1ccccc1. The molecule has 1 aliphatic heterocycles. The van der Waals surface area contributed by atoms with E-state index in [9.17, 15) is 0 Å². The van der Waals surface area contributed by atoms with Crippen molar-refractivity contribution < 1.29 is 4.74 Å². The highest BCUT2D eigenvalue weighted by atomic mass is 16.5. The largest absolute Gasteiger partial charge is 0.373 e. The van der Waals surface area contributed by atoms with Gasteiger partial charge in [-0.05, 0) is 12.5 Å². The minimum absolute atomic E-state index is 0.423. The molecular weight excluding hydrogens is 186 g/mol. The zero-order chi connectivity index (χ0) is 10.7. The minimum Gasteiger partial charge on any atom is -0.373 e. The lowest BCUT2D eigenvalue weighted by Crippen LogP contribution is -2.40. The van der Waals surface area contributed by atoms with Gasteiger partial charge in [0.05, 0.1) is 13.2 Å². The summed E-state index contributed by atoms with van der Waals surface area (Å²) in [6, 6.07) is 10.9. The van der Waals surface area contributed by atoms with Gasteiger partial charge in [-0.2, -0.15) is 0 Å². The highest BCUT2D eigenvalue weighted by Crippen LogP contribution is 2.18. The van der Waals surface area contributed by atoms with E-state index in [-0.39, 0.29) is 0 Å². The number of rotatable bonds is 2. The maximum Gasteiger partial charge on any atom is 0.0859 e. The fraction of sp³-hybridized carbons (Fsp3) is 0.385. The third kappa shape index (κ3) is 2.39. The Morgan fingerprint density at radius 3 is 2.80 bits per heavy atom. The van der Waals surface area contributed by atoms with Crippen molar-refractivity contribution in [2.75, 3.05) is 13.2 Å². The number of benzene rings is 1. The summed E-state index contributed by atoms with van der Waals surface area (Å²) in [5.74, 6) is 0.